The van der Waals surface area contributed by atoms with Gasteiger partial charge in [0.05, 0.1) is 13.2 Å². The number of allylic oxidation sites excluding steroid dienone is 2. The quantitative estimate of drug-likeness (QED) is 0.0408. The second-order valence-electron chi connectivity index (χ2n) is 14.1. The molecule has 0 aliphatic heterocycles. The van der Waals surface area contributed by atoms with Crippen LogP contribution in [0.25, 0.3) is 0 Å². The molecular formula is C42H82O4. The molecule has 0 bridgehead atoms. The topological polar surface area (TPSA) is 55.8 Å². The van der Waals surface area contributed by atoms with E-state index in [1.54, 1.807) is 0 Å². The Balaban J connectivity index is 3.38. The molecule has 0 rings (SSSR count). The predicted octanol–water partition coefficient (Wildman–Crippen LogP) is 13.4. The molecule has 4 nitrogen and oxygen atoms in total. The van der Waals surface area contributed by atoms with E-state index in [9.17, 15) is 9.90 Å². The number of rotatable bonds is 39. The monoisotopic (exact) mass is 651 g/mol. The second-order valence-corrected chi connectivity index (χ2v) is 14.1. The number of aliphatic hydroxyl groups excluding tert-OH is 1. The fourth-order valence-corrected chi connectivity index (χ4v) is 6.21. The van der Waals surface area contributed by atoms with Crippen molar-refractivity contribution < 1.29 is 19.4 Å². The van der Waals surface area contributed by atoms with Gasteiger partial charge < -0.3 is 14.6 Å². The minimum absolute atomic E-state index is 0.166. The van der Waals surface area contributed by atoms with Crippen molar-refractivity contribution in [2.24, 2.45) is 0 Å². The number of ether oxygens (including phenoxy) is 2. The number of carbonyl (C=O) groups is 1. The van der Waals surface area contributed by atoms with Gasteiger partial charge in [0.2, 0.25) is 0 Å². The summed E-state index contributed by atoms with van der Waals surface area (Å²) in [7, 11) is 0. The lowest BCUT2D eigenvalue weighted by Gasteiger charge is -2.16. The third-order valence-electron chi connectivity index (χ3n) is 9.34. The Bertz CT molecular complexity index is 604. The third kappa shape index (κ3) is 37.6. The summed E-state index contributed by atoms with van der Waals surface area (Å²) in [4.78, 5) is 12.2. The van der Waals surface area contributed by atoms with Crippen molar-refractivity contribution in [1.29, 1.82) is 0 Å². The molecule has 0 aromatic heterocycles. The molecule has 0 fully saturated rings. The highest BCUT2D eigenvalue weighted by Crippen LogP contribution is 2.15. The number of aliphatic hydroxyl groups is 1. The van der Waals surface area contributed by atoms with Gasteiger partial charge in [0.15, 0.2) is 0 Å². The molecule has 0 radical (unpaired) electrons. The Kier molecular flexibility index (Phi) is 39.5. The first-order chi connectivity index (χ1) is 22.7. The molecule has 1 unspecified atom stereocenters. The average molecular weight is 651 g/mol. The largest absolute Gasteiger partial charge is 0.457 e. The fraction of sp³-hybridized carbons (Fsp3) is 0.929. The summed E-state index contributed by atoms with van der Waals surface area (Å²) in [5, 5.41) is 9.58. The zero-order valence-corrected chi connectivity index (χ0v) is 31.4. The Morgan fingerprint density at radius 1 is 0.500 bits per heavy atom. The molecule has 0 amide bonds. The van der Waals surface area contributed by atoms with Crippen LogP contribution in [0.15, 0.2) is 12.2 Å². The van der Waals surface area contributed by atoms with E-state index in [0.29, 0.717) is 19.6 Å². The van der Waals surface area contributed by atoms with E-state index in [2.05, 4.69) is 26.0 Å². The van der Waals surface area contributed by atoms with Crippen molar-refractivity contribution in [1.82, 2.24) is 0 Å². The van der Waals surface area contributed by atoms with E-state index >= 15 is 0 Å². The maximum Gasteiger partial charge on any atom is 0.306 e. The average Bonchev–Trinajstić information content (AvgIpc) is 3.06. The van der Waals surface area contributed by atoms with Crippen molar-refractivity contribution >= 4 is 5.97 Å². The SMILES string of the molecule is CCCCCCCC/C=C\CCCCCCCCCCCCOCC(CO)OC(=O)CCCCCCCCCCCCCCCC. The Morgan fingerprint density at radius 3 is 1.24 bits per heavy atom. The van der Waals surface area contributed by atoms with Crippen molar-refractivity contribution in [3.05, 3.63) is 12.2 Å². The van der Waals surface area contributed by atoms with E-state index in [0.717, 1.165) is 19.3 Å². The van der Waals surface area contributed by atoms with E-state index < -0.39 is 6.10 Å². The van der Waals surface area contributed by atoms with Crippen molar-refractivity contribution in [3.8, 4) is 0 Å². The molecular weight excluding hydrogens is 568 g/mol. The molecule has 0 heterocycles. The molecule has 0 saturated heterocycles. The van der Waals surface area contributed by atoms with Gasteiger partial charge in [0.1, 0.15) is 6.10 Å². The van der Waals surface area contributed by atoms with Crippen LogP contribution in [0.3, 0.4) is 0 Å². The molecule has 1 N–H and O–H groups in total. The summed E-state index contributed by atoms with van der Waals surface area (Å²) < 4.78 is 11.2. The predicted molar refractivity (Wildman–Crippen MR) is 201 cm³/mol. The standard InChI is InChI=1S/C42H82O4/c1-3-5-7-9-11-13-15-17-19-20-21-22-23-24-26-28-30-32-34-36-38-45-40-41(39-43)46-42(44)37-35-33-31-29-27-25-18-16-14-12-10-8-6-4-2/h17,19,41,43H,3-16,18,20-40H2,1-2H3/b19-17-. The maximum atomic E-state index is 12.2. The number of esters is 1. The summed E-state index contributed by atoms with van der Waals surface area (Å²) in [6.07, 6.45) is 46.9. The van der Waals surface area contributed by atoms with Gasteiger partial charge in [-0.05, 0) is 38.5 Å². The van der Waals surface area contributed by atoms with Crippen LogP contribution in [0.1, 0.15) is 226 Å². The highest BCUT2D eigenvalue weighted by Gasteiger charge is 2.13. The minimum Gasteiger partial charge on any atom is -0.457 e. The van der Waals surface area contributed by atoms with E-state index in [-0.39, 0.29) is 12.6 Å². The Hall–Kier alpha value is -0.870. The zero-order chi connectivity index (χ0) is 33.4. The first-order valence-corrected chi connectivity index (χ1v) is 20.8. The Morgan fingerprint density at radius 2 is 0.848 bits per heavy atom. The van der Waals surface area contributed by atoms with Crippen molar-refractivity contribution in [3.63, 3.8) is 0 Å². The van der Waals surface area contributed by atoms with Gasteiger partial charge in [-0.3, -0.25) is 4.79 Å². The fourth-order valence-electron chi connectivity index (χ4n) is 6.21. The van der Waals surface area contributed by atoms with Gasteiger partial charge in [-0.1, -0.05) is 193 Å². The molecule has 0 spiro atoms. The normalized spacial score (nSPS) is 12.3. The van der Waals surface area contributed by atoms with Gasteiger partial charge in [0, 0.05) is 13.0 Å². The highest BCUT2D eigenvalue weighted by molar-refractivity contribution is 5.69. The van der Waals surface area contributed by atoms with Gasteiger partial charge in [-0.2, -0.15) is 0 Å². The third-order valence-corrected chi connectivity index (χ3v) is 9.34. The lowest BCUT2D eigenvalue weighted by Crippen LogP contribution is -2.27. The summed E-state index contributed by atoms with van der Waals surface area (Å²) >= 11 is 0. The van der Waals surface area contributed by atoms with Crippen LogP contribution >= 0.6 is 0 Å². The number of unbranched alkanes of at least 4 members (excludes halogenated alkanes) is 29. The van der Waals surface area contributed by atoms with Crippen LogP contribution in [-0.4, -0.2) is 37.0 Å². The molecule has 0 aromatic carbocycles. The van der Waals surface area contributed by atoms with E-state index in [1.165, 1.54) is 186 Å². The van der Waals surface area contributed by atoms with Crippen LogP contribution in [0.4, 0.5) is 0 Å². The minimum atomic E-state index is -0.528. The van der Waals surface area contributed by atoms with Crippen LogP contribution in [0.5, 0.6) is 0 Å². The van der Waals surface area contributed by atoms with Crippen LogP contribution in [0, 0.1) is 0 Å². The molecule has 46 heavy (non-hydrogen) atoms. The first-order valence-electron chi connectivity index (χ1n) is 20.8. The zero-order valence-electron chi connectivity index (χ0n) is 31.4. The lowest BCUT2D eigenvalue weighted by atomic mass is 10.0. The second kappa shape index (κ2) is 40.3. The molecule has 1 atom stereocenters. The summed E-state index contributed by atoms with van der Waals surface area (Å²) in [5.41, 5.74) is 0. The summed E-state index contributed by atoms with van der Waals surface area (Å²) in [6, 6.07) is 0. The van der Waals surface area contributed by atoms with Gasteiger partial charge in [-0.15, -0.1) is 0 Å². The smallest absolute Gasteiger partial charge is 0.306 e. The molecule has 274 valence electrons. The molecule has 4 heteroatoms. The van der Waals surface area contributed by atoms with Crippen molar-refractivity contribution in [2.45, 2.75) is 232 Å². The maximum absolute atomic E-state index is 12.2. The van der Waals surface area contributed by atoms with Crippen molar-refractivity contribution in [2.75, 3.05) is 19.8 Å². The number of carbonyl (C=O) groups excluding carboxylic acids is 1. The summed E-state index contributed by atoms with van der Waals surface area (Å²) in [5.74, 6) is -0.197. The molecule has 0 aliphatic carbocycles. The summed E-state index contributed by atoms with van der Waals surface area (Å²) in [6.45, 7) is 5.37. The van der Waals surface area contributed by atoms with Gasteiger partial charge in [-0.25, -0.2) is 0 Å². The highest BCUT2D eigenvalue weighted by atomic mass is 16.6. The molecule has 0 saturated carbocycles. The molecule has 0 aliphatic rings. The van der Waals surface area contributed by atoms with Crippen LogP contribution < -0.4 is 0 Å². The lowest BCUT2D eigenvalue weighted by molar-refractivity contribution is -0.154. The van der Waals surface area contributed by atoms with Gasteiger partial charge in [0.25, 0.3) is 0 Å². The molecule has 0 aromatic rings. The Labute approximate surface area is 288 Å². The first kappa shape index (κ1) is 45.1. The number of hydrogen-bond acceptors (Lipinski definition) is 4. The van der Waals surface area contributed by atoms with Crippen LogP contribution in [0.2, 0.25) is 0 Å². The van der Waals surface area contributed by atoms with E-state index in [4.69, 9.17) is 9.47 Å². The number of hydrogen-bond donors (Lipinski definition) is 1. The van der Waals surface area contributed by atoms with Gasteiger partial charge >= 0.3 is 5.97 Å². The van der Waals surface area contributed by atoms with E-state index in [1.807, 2.05) is 0 Å². The van der Waals surface area contributed by atoms with Crippen LogP contribution in [-0.2, 0) is 14.3 Å².